The number of rotatable bonds is 3. The molecule has 0 fully saturated rings. The van der Waals surface area contributed by atoms with Gasteiger partial charge in [0.1, 0.15) is 5.75 Å². The molecule has 0 aromatic heterocycles. The number of benzene rings is 1. The van der Waals surface area contributed by atoms with Gasteiger partial charge in [-0.3, -0.25) is 0 Å². The van der Waals surface area contributed by atoms with E-state index in [1.807, 2.05) is 18.2 Å². The third-order valence-corrected chi connectivity index (χ3v) is 1.17. The van der Waals surface area contributed by atoms with Gasteiger partial charge in [0.2, 0.25) is 0 Å². The van der Waals surface area contributed by atoms with Crippen LogP contribution < -0.4 is 10.4 Å². The minimum Gasteiger partial charge on any atom is -0.528 e. The van der Waals surface area contributed by atoms with E-state index in [2.05, 4.69) is 4.65 Å². The highest BCUT2D eigenvalue weighted by Crippen LogP contribution is 2.06. The fraction of sp³-hybridized carbons (Fsp3) is 0. The average molecular weight is 165 g/mol. The van der Waals surface area contributed by atoms with Crippen molar-refractivity contribution in [3.8, 4) is 5.75 Å². The van der Waals surface area contributed by atoms with E-state index in [4.69, 9.17) is 10.4 Å². The number of hydrogen-bond acceptors (Lipinski definition) is 3. The van der Waals surface area contributed by atoms with E-state index in [0.29, 0.717) is 5.75 Å². The zero-order valence-electron chi connectivity index (χ0n) is 6.40. The quantitative estimate of drug-likeness (QED) is 0.660. The van der Waals surface area contributed by atoms with Crippen LogP contribution in [-0.2, 0) is 4.65 Å². The Balaban J connectivity index is 2.29. The third kappa shape index (κ3) is 2.96. The van der Waals surface area contributed by atoms with E-state index in [9.17, 15) is 4.79 Å². The molecule has 0 atom stereocenters. The van der Waals surface area contributed by atoms with Crippen molar-refractivity contribution < 1.29 is 14.1 Å². The van der Waals surface area contributed by atoms with Crippen molar-refractivity contribution in [3.05, 3.63) is 30.3 Å². The molecule has 0 saturated heterocycles. The molecule has 1 aromatic carbocycles. The number of carbonyl (C=O) groups is 1. The first-order chi connectivity index (χ1) is 5.79. The van der Waals surface area contributed by atoms with Gasteiger partial charge in [0.05, 0.1) is 0 Å². The van der Waals surface area contributed by atoms with Crippen LogP contribution in [0.2, 0.25) is 0 Å². The lowest BCUT2D eigenvalue weighted by Crippen LogP contribution is -2.19. The molecule has 5 heteroatoms. The number of nitrogens with two attached hydrogens (primary N) is 1. The molecular weight excluding hydrogens is 157 g/mol. The molecule has 0 aliphatic heterocycles. The summed E-state index contributed by atoms with van der Waals surface area (Å²) in [7, 11) is -0.153. The van der Waals surface area contributed by atoms with Gasteiger partial charge < -0.3 is 15.0 Å². The predicted octanol–water partition coefficient (Wildman–Crippen LogP) is 0.427. The minimum atomic E-state index is -0.842. The lowest BCUT2D eigenvalue weighted by atomic mass is 10.3. The summed E-state index contributed by atoms with van der Waals surface area (Å²) in [5.74, 6) is 0.638. The Morgan fingerprint density at radius 3 is 2.58 bits per heavy atom. The van der Waals surface area contributed by atoms with E-state index in [1.165, 1.54) is 0 Å². The van der Waals surface area contributed by atoms with Crippen LogP contribution in [0.15, 0.2) is 30.3 Å². The highest BCUT2D eigenvalue weighted by Gasteiger charge is 1.98. The standard InChI is InChI=1S/C7H8BNO3/c9-7(10)12-8-11-6-4-2-1-3-5-6/h1-5,8H,(H2,9,10). The Kier molecular flexibility index (Phi) is 3.01. The van der Waals surface area contributed by atoms with Crippen molar-refractivity contribution in [3.63, 3.8) is 0 Å². The molecule has 0 radical (unpaired) electrons. The first-order valence-electron chi connectivity index (χ1n) is 3.39. The molecule has 4 nitrogen and oxygen atoms in total. The maximum absolute atomic E-state index is 10.1. The lowest BCUT2D eigenvalue weighted by molar-refractivity contribution is 0.207. The van der Waals surface area contributed by atoms with Gasteiger partial charge in [0, 0.05) is 0 Å². The Bertz CT molecular complexity index is 252. The minimum absolute atomic E-state index is 0.153. The van der Waals surface area contributed by atoms with Crippen molar-refractivity contribution in [2.45, 2.75) is 0 Å². The maximum Gasteiger partial charge on any atom is 0.579 e. The number of carbonyl (C=O) groups excluding carboxylic acids is 1. The van der Waals surface area contributed by atoms with Crippen LogP contribution in [0.25, 0.3) is 0 Å². The first kappa shape index (κ1) is 8.45. The summed E-state index contributed by atoms with van der Waals surface area (Å²) in [6, 6.07) is 9.01. The smallest absolute Gasteiger partial charge is 0.528 e. The van der Waals surface area contributed by atoms with Crippen molar-refractivity contribution in [2.75, 3.05) is 0 Å². The molecule has 0 spiro atoms. The summed E-state index contributed by atoms with van der Waals surface area (Å²) in [5, 5.41) is 0. The molecule has 12 heavy (non-hydrogen) atoms. The van der Waals surface area contributed by atoms with Gasteiger partial charge >= 0.3 is 13.8 Å². The second-order valence-electron chi connectivity index (χ2n) is 2.04. The zero-order valence-corrected chi connectivity index (χ0v) is 6.40. The fourth-order valence-electron chi connectivity index (χ4n) is 0.672. The first-order valence-corrected chi connectivity index (χ1v) is 3.39. The second-order valence-corrected chi connectivity index (χ2v) is 2.04. The van der Waals surface area contributed by atoms with Gasteiger partial charge in [0.25, 0.3) is 0 Å². The Hall–Kier alpha value is -1.65. The average Bonchev–Trinajstić information content (AvgIpc) is 2.05. The third-order valence-electron chi connectivity index (χ3n) is 1.17. The summed E-state index contributed by atoms with van der Waals surface area (Å²) in [5.41, 5.74) is 4.72. The summed E-state index contributed by atoms with van der Waals surface area (Å²) in [4.78, 5) is 10.1. The van der Waals surface area contributed by atoms with Gasteiger partial charge in [-0.1, -0.05) is 18.2 Å². The molecule has 1 rings (SSSR count). The maximum atomic E-state index is 10.1. The van der Waals surface area contributed by atoms with Crippen LogP contribution in [0.1, 0.15) is 0 Å². The molecule has 0 aliphatic carbocycles. The Morgan fingerprint density at radius 2 is 2.00 bits per heavy atom. The predicted molar refractivity (Wildman–Crippen MR) is 44.9 cm³/mol. The Morgan fingerprint density at radius 1 is 1.33 bits per heavy atom. The van der Waals surface area contributed by atoms with Crippen molar-refractivity contribution in [2.24, 2.45) is 5.73 Å². The Labute approximate surface area is 70.6 Å². The number of hydrogen-bond donors (Lipinski definition) is 1. The molecule has 0 heterocycles. The summed E-state index contributed by atoms with van der Waals surface area (Å²) >= 11 is 0. The monoisotopic (exact) mass is 165 g/mol. The van der Waals surface area contributed by atoms with Crippen LogP contribution in [0.3, 0.4) is 0 Å². The highest BCUT2D eigenvalue weighted by molar-refractivity contribution is 6.23. The van der Waals surface area contributed by atoms with Gasteiger partial charge in [0.15, 0.2) is 0 Å². The van der Waals surface area contributed by atoms with Crippen molar-refractivity contribution in [1.82, 2.24) is 0 Å². The van der Waals surface area contributed by atoms with Crippen LogP contribution >= 0.6 is 0 Å². The van der Waals surface area contributed by atoms with E-state index in [0.717, 1.165) is 0 Å². The summed E-state index contributed by atoms with van der Waals surface area (Å²) < 4.78 is 9.36. The zero-order chi connectivity index (χ0) is 8.81. The van der Waals surface area contributed by atoms with Crippen LogP contribution in [-0.4, -0.2) is 13.8 Å². The largest absolute Gasteiger partial charge is 0.579 e. The number of para-hydroxylation sites is 1. The lowest BCUT2D eigenvalue weighted by Gasteiger charge is -2.02. The molecule has 1 amide bonds. The molecule has 2 N–H and O–H groups in total. The molecule has 1 aromatic rings. The fourth-order valence-corrected chi connectivity index (χ4v) is 0.672. The molecular formula is C7H8BNO3. The van der Waals surface area contributed by atoms with E-state index in [1.54, 1.807) is 12.1 Å². The van der Waals surface area contributed by atoms with Gasteiger partial charge in [-0.15, -0.1) is 0 Å². The molecule has 0 saturated carbocycles. The topological polar surface area (TPSA) is 61.6 Å². The molecule has 0 bridgehead atoms. The number of amides is 1. The van der Waals surface area contributed by atoms with Crippen molar-refractivity contribution in [1.29, 1.82) is 0 Å². The molecule has 62 valence electrons. The second kappa shape index (κ2) is 4.28. The summed E-state index contributed by atoms with van der Waals surface area (Å²) in [6.07, 6.45) is -0.842. The van der Waals surface area contributed by atoms with Crippen molar-refractivity contribution >= 4 is 13.8 Å². The van der Waals surface area contributed by atoms with Gasteiger partial charge in [-0.25, -0.2) is 4.79 Å². The van der Waals surface area contributed by atoms with E-state index < -0.39 is 6.09 Å². The van der Waals surface area contributed by atoms with Gasteiger partial charge in [-0.2, -0.15) is 0 Å². The molecule has 0 aliphatic rings. The summed E-state index contributed by atoms with van der Waals surface area (Å²) in [6.45, 7) is 0. The van der Waals surface area contributed by atoms with Crippen LogP contribution in [0, 0.1) is 0 Å². The van der Waals surface area contributed by atoms with E-state index >= 15 is 0 Å². The SMILES string of the molecule is NC(=O)OBOc1ccccc1. The molecule has 0 unspecified atom stereocenters. The highest BCUT2D eigenvalue weighted by atomic mass is 16.6. The van der Waals surface area contributed by atoms with Gasteiger partial charge in [-0.05, 0) is 12.1 Å². The normalized spacial score (nSPS) is 8.67. The van der Waals surface area contributed by atoms with Crippen LogP contribution in [0.4, 0.5) is 4.79 Å². The van der Waals surface area contributed by atoms with Crippen LogP contribution in [0.5, 0.6) is 5.75 Å². The number of primary amides is 1. The van der Waals surface area contributed by atoms with E-state index in [-0.39, 0.29) is 7.69 Å².